The van der Waals surface area contributed by atoms with Crippen LogP contribution >= 0.6 is 11.6 Å². The lowest BCUT2D eigenvalue weighted by molar-refractivity contribution is 0.0322. The largest absolute Gasteiger partial charge is 0.492 e. The molecule has 0 aliphatic carbocycles. The van der Waals surface area contributed by atoms with E-state index in [2.05, 4.69) is 27.4 Å². The van der Waals surface area contributed by atoms with Crippen molar-refractivity contribution in [1.29, 1.82) is 0 Å². The van der Waals surface area contributed by atoms with Crippen molar-refractivity contribution >= 4 is 33.9 Å². The van der Waals surface area contributed by atoms with E-state index in [-0.39, 0.29) is 0 Å². The van der Waals surface area contributed by atoms with Gasteiger partial charge in [0.1, 0.15) is 12.4 Å². The minimum Gasteiger partial charge on any atom is -0.492 e. The first-order valence-electron chi connectivity index (χ1n) is 10.8. The lowest BCUT2D eigenvalue weighted by Gasteiger charge is -2.26. The van der Waals surface area contributed by atoms with Crippen molar-refractivity contribution < 1.29 is 9.47 Å². The van der Waals surface area contributed by atoms with Crippen LogP contribution in [-0.2, 0) is 4.74 Å². The van der Waals surface area contributed by atoms with Gasteiger partial charge in [0.15, 0.2) is 0 Å². The lowest BCUT2D eigenvalue weighted by atomic mass is 10.2. The molecular formula is C25H25ClN4O2. The molecule has 1 aromatic heterocycles. The monoisotopic (exact) mass is 448 g/mol. The van der Waals surface area contributed by atoms with E-state index in [1.807, 2.05) is 65.5 Å². The van der Waals surface area contributed by atoms with Gasteiger partial charge in [-0.25, -0.2) is 4.68 Å². The third-order valence-electron chi connectivity index (χ3n) is 5.56. The van der Waals surface area contributed by atoms with Gasteiger partial charge in [-0.05, 0) is 42.5 Å². The smallest absolute Gasteiger partial charge is 0.121 e. The zero-order chi connectivity index (χ0) is 21.8. The van der Waals surface area contributed by atoms with E-state index in [1.54, 1.807) is 0 Å². The summed E-state index contributed by atoms with van der Waals surface area (Å²) >= 11 is 6.27. The third-order valence-corrected chi connectivity index (χ3v) is 5.89. The number of fused-ring (bicyclic) bond motifs is 1. The Morgan fingerprint density at radius 2 is 1.88 bits per heavy atom. The number of aromatic nitrogens is 2. The average Bonchev–Trinajstić information content (AvgIpc) is 3.25. The minimum atomic E-state index is 0.653. The summed E-state index contributed by atoms with van der Waals surface area (Å²) in [7, 11) is 0. The highest BCUT2D eigenvalue weighted by Crippen LogP contribution is 2.28. The molecule has 7 heteroatoms. The number of anilines is 2. The van der Waals surface area contributed by atoms with Crippen molar-refractivity contribution in [2.45, 2.75) is 0 Å². The summed E-state index contributed by atoms with van der Waals surface area (Å²) in [5.41, 5.74) is 3.84. The number of halogens is 1. The molecule has 0 spiro atoms. The van der Waals surface area contributed by atoms with Gasteiger partial charge in [-0.15, -0.1) is 0 Å². The quantitative estimate of drug-likeness (QED) is 0.424. The first-order valence-corrected chi connectivity index (χ1v) is 11.2. The van der Waals surface area contributed by atoms with Gasteiger partial charge in [0.2, 0.25) is 0 Å². The Kier molecular flexibility index (Phi) is 6.25. The SMILES string of the molecule is Clc1ccccc1Nc1ccc2c(cnn2-c2cccc(OCCN3CCOCC3)c2)c1. The molecule has 2 heterocycles. The summed E-state index contributed by atoms with van der Waals surface area (Å²) in [4.78, 5) is 2.36. The zero-order valence-electron chi connectivity index (χ0n) is 17.7. The minimum absolute atomic E-state index is 0.653. The maximum Gasteiger partial charge on any atom is 0.121 e. The molecule has 0 atom stereocenters. The molecule has 6 nitrogen and oxygen atoms in total. The Hall–Kier alpha value is -3.06. The van der Waals surface area contributed by atoms with Gasteiger partial charge in [0, 0.05) is 36.8 Å². The van der Waals surface area contributed by atoms with Crippen LogP contribution in [0.3, 0.4) is 0 Å². The highest BCUT2D eigenvalue weighted by molar-refractivity contribution is 6.33. The van der Waals surface area contributed by atoms with Crippen LogP contribution in [0.4, 0.5) is 11.4 Å². The third kappa shape index (κ3) is 4.72. The second-order valence-electron chi connectivity index (χ2n) is 7.73. The Labute approximate surface area is 192 Å². The molecule has 0 saturated carbocycles. The van der Waals surface area contributed by atoms with Crippen LogP contribution in [0.5, 0.6) is 5.75 Å². The van der Waals surface area contributed by atoms with E-state index < -0.39 is 0 Å². The highest BCUT2D eigenvalue weighted by atomic mass is 35.5. The summed E-state index contributed by atoms with van der Waals surface area (Å²) in [5.74, 6) is 0.844. The zero-order valence-corrected chi connectivity index (χ0v) is 18.5. The van der Waals surface area contributed by atoms with Crippen molar-refractivity contribution in [2.24, 2.45) is 0 Å². The molecule has 1 aliphatic rings. The molecule has 5 rings (SSSR count). The number of benzene rings is 3. The van der Waals surface area contributed by atoms with Crippen molar-refractivity contribution in [2.75, 3.05) is 44.8 Å². The van der Waals surface area contributed by atoms with Crippen molar-refractivity contribution in [3.63, 3.8) is 0 Å². The molecule has 4 aromatic rings. The van der Waals surface area contributed by atoms with E-state index in [0.717, 1.165) is 66.6 Å². The van der Waals surface area contributed by atoms with Crippen LogP contribution in [0, 0.1) is 0 Å². The number of nitrogens with zero attached hydrogens (tertiary/aromatic N) is 3. The van der Waals surface area contributed by atoms with Crippen LogP contribution in [0.25, 0.3) is 16.6 Å². The molecule has 164 valence electrons. The van der Waals surface area contributed by atoms with Gasteiger partial charge in [-0.3, -0.25) is 4.90 Å². The second kappa shape index (κ2) is 9.61. The van der Waals surface area contributed by atoms with Crippen LogP contribution in [-0.4, -0.2) is 54.1 Å². The van der Waals surface area contributed by atoms with Gasteiger partial charge < -0.3 is 14.8 Å². The predicted molar refractivity (Wildman–Crippen MR) is 129 cm³/mol. The summed E-state index contributed by atoms with van der Waals surface area (Å²) in [6.07, 6.45) is 1.87. The fourth-order valence-corrected chi connectivity index (χ4v) is 4.04. The molecule has 32 heavy (non-hydrogen) atoms. The Morgan fingerprint density at radius 3 is 2.75 bits per heavy atom. The Morgan fingerprint density at radius 1 is 1.00 bits per heavy atom. The van der Waals surface area contributed by atoms with Gasteiger partial charge in [0.25, 0.3) is 0 Å². The first kappa shape index (κ1) is 20.8. The molecule has 0 bridgehead atoms. The molecule has 0 unspecified atom stereocenters. The summed E-state index contributed by atoms with van der Waals surface area (Å²) in [5, 5.41) is 9.71. The van der Waals surface area contributed by atoms with Crippen molar-refractivity contribution in [3.8, 4) is 11.4 Å². The second-order valence-corrected chi connectivity index (χ2v) is 8.14. The maximum atomic E-state index is 6.27. The fourth-order valence-electron chi connectivity index (χ4n) is 3.86. The highest BCUT2D eigenvalue weighted by Gasteiger charge is 2.11. The first-order chi connectivity index (χ1) is 15.8. The molecule has 0 amide bonds. The topological polar surface area (TPSA) is 51.5 Å². The molecular weight excluding hydrogens is 424 g/mol. The van der Waals surface area contributed by atoms with Crippen LogP contribution in [0.15, 0.2) is 72.9 Å². The van der Waals surface area contributed by atoms with Crippen LogP contribution in [0.1, 0.15) is 0 Å². The van der Waals surface area contributed by atoms with Crippen LogP contribution in [0.2, 0.25) is 5.02 Å². The Bertz CT molecular complexity index is 1200. The van der Waals surface area contributed by atoms with Gasteiger partial charge >= 0.3 is 0 Å². The summed E-state index contributed by atoms with van der Waals surface area (Å²) in [6.45, 7) is 5.10. The van der Waals surface area contributed by atoms with Crippen molar-refractivity contribution in [1.82, 2.24) is 14.7 Å². The predicted octanol–water partition coefficient (Wildman–Crippen LogP) is 5.13. The van der Waals surface area contributed by atoms with E-state index in [9.17, 15) is 0 Å². The molecule has 0 radical (unpaired) electrons. The number of morpholine rings is 1. The van der Waals surface area contributed by atoms with E-state index in [4.69, 9.17) is 21.1 Å². The van der Waals surface area contributed by atoms with E-state index in [0.29, 0.717) is 11.6 Å². The normalized spacial score (nSPS) is 14.5. The average molecular weight is 449 g/mol. The van der Waals surface area contributed by atoms with E-state index >= 15 is 0 Å². The number of para-hydroxylation sites is 1. The standard InChI is InChI=1S/C25H25ClN4O2/c26-23-6-1-2-7-24(23)28-20-8-9-25-19(16-20)18-27-30(25)21-4-3-5-22(17-21)32-15-12-29-10-13-31-14-11-29/h1-9,16-18,28H,10-15H2. The van der Waals surface area contributed by atoms with Gasteiger partial charge in [-0.1, -0.05) is 29.8 Å². The summed E-state index contributed by atoms with van der Waals surface area (Å²) < 4.78 is 13.3. The molecule has 3 aromatic carbocycles. The van der Waals surface area contributed by atoms with Crippen molar-refractivity contribution in [3.05, 3.63) is 77.9 Å². The molecule has 1 fully saturated rings. The fraction of sp³-hybridized carbons (Fsp3) is 0.240. The van der Waals surface area contributed by atoms with E-state index in [1.165, 1.54) is 0 Å². The maximum absolute atomic E-state index is 6.27. The summed E-state index contributed by atoms with van der Waals surface area (Å²) in [6, 6.07) is 21.9. The molecule has 1 saturated heterocycles. The number of hydrogen-bond acceptors (Lipinski definition) is 5. The Balaban J connectivity index is 1.30. The lowest BCUT2D eigenvalue weighted by Crippen LogP contribution is -2.38. The number of nitrogens with one attached hydrogen (secondary N) is 1. The van der Waals surface area contributed by atoms with Crippen LogP contribution < -0.4 is 10.1 Å². The number of ether oxygens (including phenoxy) is 2. The van der Waals surface area contributed by atoms with Gasteiger partial charge in [-0.2, -0.15) is 5.10 Å². The molecule has 1 aliphatic heterocycles. The molecule has 1 N–H and O–H groups in total. The number of hydrogen-bond donors (Lipinski definition) is 1. The van der Waals surface area contributed by atoms with Gasteiger partial charge in [0.05, 0.1) is 41.3 Å². The number of rotatable bonds is 7.